The van der Waals surface area contributed by atoms with Crippen LogP contribution in [0.3, 0.4) is 0 Å². The minimum atomic E-state index is 0. The van der Waals surface area contributed by atoms with Gasteiger partial charge in [0, 0.05) is 43.4 Å². The van der Waals surface area contributed by atoms with Gasteiger partial charge in [0.2, 0.25) is 0 Å². The molecule has 0 aromatic heterocycles. The van der Waals surface area contributed by atoms with Crippen molar-refractivity contribution in [2.24, 2.45) is 0 Å². The van der Waals surface area contributed by atoms with Crippen molar-refractivity contribution in [3.05, 3.63) is 0 Å². The fraction of sp³-hybridized carbons (Fsp3) is 0. The van der Waals surface area contributed by atoms with Crippen LogP contribution in [0, 0.1) is 0 Å². The molecule has 0 fully saturated rings. The number of rotatable bonds is 0. The summed E-state index contributed by atoms with van der Waals surface area (Å²) in [5.74, 6) is 0. The van der Waals surface area contributed by atoms with Gasteiger partial charge in [-0.05, 0) is 0 Å². The van der Waals surface area contributed by atoms with Gasteiger partial charge in [0.05, 0.1) is 0 Å². The van der Waals surface area contributed by atoms with Crippen molar-refractivity contribution < 1.29 is 43.4 Å². The van der Waals surface area contributed by atoms with Crippen LogP contribution in [0.15, 0.2) is 0 Å². The van der Waals surface area contributed by atoms with Gasteiger partial charge in [-0.2, -0.15) is 0 Å². The maximum atomic E-state index is 0. The van der Waals surface area contributed by atoms with E-state index in [9.17, 15) is 0 Å². The van der Waals surface area contributed by atoms with Crippen LogP contribution in [-0.4, -0.2) is 69.4 Å². The van der Waals surface area contributed by atoms with Crippen molar-refractivity contribution in [3.63, 3.8) is 0 Å². The van der Waals surface area contributed by atoms with E-state index in [0.717, 1.165) is 0 Å². The molecule has 0 nitrogen and oxygen atoms in total. The van der Waals surface area contributed by atoms with Gasteiger partial charge in [-0.15, -0.1) is 0 Å². The molecular weight excluding hydrogens is 204 g/mol. The van der Waals surface area contributed by atoms with E-state index in [-0.39, 0.29) is 113 Å². The van der Waals surface area contributed by atoms with Crippen LogP contribution in [0.2, 0.25) is 0 Å². The van der Waals surface area contributed by atoms with Gasteiger partial charge in [-0.1, -0.05) is 0 Å². The third kappa shape index (κ3) is 25.7. The van der Waals surface area contributed by atoms with Gasteiger partial charge in [0.1, 0.15) is 0 Å². The Hall–Kier alpha value is 3.56. The van der Waals surface area contributed by atoms with Gasteiger partial charge < -0.3 is 0 Å². The Morgan fingerprint density at radius 1 is 0.333 bits per heavy atom. The van der Waals surface area contributed by atoms with Crippen LogP contribution in [-0.2, 0) is 43.4 Å². The molecule has 0 amide bonds. The summed E-state index contributed by atoms with van der Waals surface area (Å²) in [5, 5.41) is 0. The fourth-order valence-electron chi connectivity index (χ4n) is 0. The van der Waals surface area contributed by atoms with Crippen molar-refractivity contribution in [2.45, 2.75) is 0 Å². The van der Waals surface area contributed by atoms with Crippen LogP contribution in [0.25, 0.3) is 0 Å². The zero-order valence-corrected chi connectivity index (χ0v) is 4.12. The van der Waals surface area contributed by atoms with Crippen molar-refractivity contribution in [1.29, 1.82) is 0 Å². The number of hydrogen-bond donors (Lipinski definition) is 0. The SMILES string of the molecule is [AlH3].[AlH3].[AlH3].[AlH3].[Ti].[Ti]. The molecule has 0 saturated carbocycles. The summed E-state index contributed by atoms with van der Waals surface area (Å²) in [6.07, 6.45) is 0. The summed E-state index contributed by atoms with van der Waals surface area (Å²) in [4.78, 5) is 0. The largest absolute Gasteiger partial charge is 0.187 e. The fourth-order valence-corrected chi connectivity index (χ4v) is 0. The molecule has 32 valence electrons. The van der Waals surface area contributed by atoms with Crippen molar-refractivity contribution in [1.82, 2.24) is 0 Å². The maximum Gasteiger partial charge on any atom is 0.187 e. The molecule has 6 heteroatoms. The predicted octanol–water partition coefficient (Wildman–Crippen LogP) is -4.74. The average Bonchev–Trinajstić information content (AvgIpc) is 0. The first kappa shape index (κ1) is 55.3. The first-order valence-corrected chi connectivity index (χ1v) is 0. The molecule has 0 heterocycles. The van der Waals surface area contributed by atoms with Crippen LogP contribution in [0.1, 0.15) is 0 Å². The molecule has 0 rings (SSSR count). The normalized spacial score (nSPS) is 0. The molecule has 0 saturated heterocycles. The first-order valence-electron chi connectivity index (χ1n) is 0. The van der Waals surface area contributed by atoms with Gasteiger partial charge in [0.15, 0.2) is 69.4 Å². The molecule has 0 aliphatic carbocycles. The third-order valence-corrected chi connectivity index (χ3v) is 0. The zero-order valence-electron chi connectivity index (χ0n) is 1.00. The van der Waals surface area contributed by atoms with E-state index in [1.54, 1.807) is 0 Å². The minimum Gasteiger partial charge on any atom is 0 e. The zero-order chi connectivity index (χ0) is 0. The first-order chi connectivity index (χ1) is 0. The molecule has 0 aliphatic heterocycles. The molecule has 0 aliphatic rings. The van der Waals surface area contributed by atoms with Crippen LogP contribution in [0.4, 0.5) is 0 Å². The van der Waals surface area contributed by atoms with Crippen molar-refractivity contribution >= 4 is 69.4 Å². The summed E-state index contributed by atoms with van der Waals surface area (Å²) in [6.45, 7) is 0. The molecule has 0 atom stereocenters. The Balaban J connectivity index is 0. The molecule has 0 spiro atoms. The smallest absolute Gasteiger partial charge is 0 e. The Labute approximate surface area is 111 Å². The Bertz CT molecular complexity index is 5.51. The van der Waals surface area contributed by atoms with Gasteiger partial charge >= 0.3 is 0 Å². The molecular formula is H12Al4Ti2. The maximum absolute atomic E-state index is 0. The Kier molecular flexibility index (Phi) is 356. The summed E-state index contributed by atoms with van der Waals surface area (Å²) < 4.78 is 0. The predicted molar refractivity (Wildman–Crippen MR) is 39.8 cm³/mol. The Morgan fingerprint density at radius 3 is 0.333 bits per heavy atom. The van der Waals surface area contributed by atoms with E-state index >= 15 is 0 Å². The molecule has 0 radical (unpaired) electrons. The summed E-state index contributed by atoms with van der Waals surface area (Å²) in [7, 11) is 0. The summed E-state index contributed by atoms with van der Waals surface area (Å²) >= 11 is 0. The average molecular weight is 216 g/mol. The molecule has 0 aromatic carbocycles. The van der Waals surface area contributed by atoms with Crippen LogP contribution < -0.4 is 0 Å². The van der Waals surface area contributed by atoms with Crippen molar-refractivity contribution in [3.8, 4) is 0 Å². The van der Waals surface area contributed by atoms with E-state index in [4.69, 9.17) is 0 Å². The quantitative estimate of drug-likeness (QED) is 0.356. The van der Waals surface area contributed by atoms with E-state index < -0.39 is 0 Å². The Morgan fingerprint density at radius 2 is 0.333 bits per heavy atom. The topological polar surface area (TPSA) is 0 Å². The van der Waals surface area contributed by atoms with Crippen LogP contribution in [0.5, 0.6) is 0 Å². The summed E-state index contributed by atoms with van der Waals surface area (Å²) in [5.41, 5.74) is 0. The second kappa shape index (κ2) is 38.6. The second-order valence-corrected chi connectivity index (χ2v) is 0. The minimum absolute atomic E-state index is 0. The monoisotopic (exact) mass is 216 g/mol. The van der Waals surface area contributed by atoms with Gasteiger partial charge in [-0.3, -0.25) is 0 Å². The molecule has 0 unspecified atom stereocenters. The van der Waals surface area contributed by atoms with Crippen molar-refractivity contribution in [2.75, 3.05) is 0 Å². The summed E-state index contributed by atoms with van der Waals surface area (Å²) in [6, 6.07) is 0. The van der Waals surface area contributed by atoms with E-state index in [1.807, 2.05) is 0 Å². The molecule has 0 aromatic rings. The second-order valence-electron chi connectivity index (χ2n) is 0. The molecule has 0 bridgehead atoms. The van der Waals surface area contributed by atoms with Gasteiger partial charge in [0.25, 0.3) is 0 Å². The molecule has 0 N–H and O–H groups in total. The third-order valence-electron chi connectivity index (χ3n) is 0. The standard InChI is InChI=1S/4Al.2Ti.12H. The van der Waals surface area contributed by atoms with Gasteiger partial charge in [-0.25, -0.2) is 0 Å². The van der Waals surface area contributed by atoms with E-state index in [0.29, 0.717) is 0 Å². The van der Waals surface area contributed by atoms with E-state index in [2.05, 4.69) is 0 Å². The number of hydrogen-bond acceptors (Lipinski definition) is 0. The van der Waals surface area contributed by atoms with E-state index in [1.165, 1.54) is 0 Å². The van der Waals surface area contributed by atoms with Crippen LogP contribution >= 0.6 is 0 Å². The molecule has 6 heavy (non-hydrogen) atoms.